The van der Waals surface area contributed by atoms with E-state index in [2.05, 4.69) is 70.5 Å². The van der Waals surface area contributed by atoms with Crippen molar-refractivity contribution in [1.29, 1.82) is 0 Å². The van der Waals surface area contributed by atoms with Crippen LogP contribution >= 0.6 is 0 Å². The first-order chi connectivity index (χ1) is 19.6. The smallest absolute Gasteiger partial charge is 0.251 e. The van der Waals surface area contributed by atoms with Crippen molar-refractivity contribution >= 4 is 27.7 Å². The number of amides is 1. The molecule has 0 aliphatic carbocycles. The Labute approximate surface area is 234 Å². The number of fused-ring (bicyclic) bond motifs is 2. The van der Waals surface area contributed by atoms with Crippen molar-refractivity contribution in [2.24, 2.45) is 0 Å². The SMILES string of the molecule is COc1cc(C(=O)NCCCCCc2nc3ccccc3n2Cc2ccc3ccccc3c2)cc(OC)c1OC. The summed E-state index contributed by atoms with van der Waals surface area (Å²) in [5.41, 5.74) is 3.91. The molecule has 0 radical (unpaired) electrons. The van der Waals surface area contributed by atoms with Gasteiger partial charge in [0.05, 0.1) is 32.4 Å². The molecule has 0 saturated heterocycles. The minimum atomic E-state index is -0.170. The van der Waals surface area contributed by atoms with Gasteiger partial charge in [-0.1, -0.05) is 55.0 Å². The maximum absolute atomic E-state index is 12.8. The molecule has 0 unspecified atom stereocenters. The summed E-state index contributed by atoms with van der Waals surface area (Å²) in [5, 5.41) is 5.51. The van der Waals surface area contributed by atoms with Crippen LogP contribution in [-0.2, 0) is 13.0 Å². The highest BCUT2D eigenvalue weighted by Gasteiger charge is 2.17. The molecule has 7 nitrogen and oxygen atoms in total. The second-order valence-corrected chi connectivity index (χ2v) is 9.76. The van der Waals surface area contributed by atoms with Crippen LogP contribution in [0.1, 0.15) is 41.0 Å². The summed E-state index contributed by atoms with van der Waals surface area (Å²) in [4.78, 5) is 17.7. The zero-order valence-electron chi connectivity index (χ0n) is 23.3. The largest absolute Gasteiger partial charge is 0.493 e. The molecule has 1 aromatic heterocycles. The second-order valence-electron chi connectivity index (χ2n) is 9.76. The molecule has 0 aliphatic heterocycles. The highest BCUT2D eigenvalue weighted by Crippen LogP contribution is 2.38. The van der Waals surface area contributed by atoms with E-state index in [-0.39, 0.29) is 5.91 Å². The number of rotatable bonds is 12. The van der Waals surface area contributed by atoms with Crippen molar-refractivity contribution in [3.8, 4) is 17.2 Å². The molecule has 0 fully saturated rings. The molecule has 5 aromatic rings. The number of benzene rings is 4. The van der Waals surface area contributed by atoms with E-state index >= 15 is 0 Å². The van der Waals surface area contributed by atoms with Crippen molar-refractivity contribution in [3.05, 3.63) is 95.8 Å². The number of hydrogen-bond acceptors (Lipinski definition) is 5. The van der Waals surface area contributed by atoms with Crippen LogP contribution in [0.3, 0.4) is 0 Å². The lowest BCUT2D eigenvalue weighted by Gasteiger charge is -2.14. The molecule has 0 aliphatic rings. The molecule has 1 amide bonds. The Hall–Kier alpha value is -4.52. The fourth-order valence-corrected chi connectivity index (χ4v) is 5.11. The van der Waals surface area contributed by atoms with E-state index in [1.165, 1.54) is 30.6 Å². The highest BCUT2D eigenvalue weighted by atomic mass is 16.5. The number of para-hydroxylation sites is 2. The summed E-state index contributed by atoms with van der Waals surface area (Å²) < 4.78 is 18.4. The first-order valence-electron chi connectivity index (χ1n) is 13.6. The quantitative estimate of drug-likeness (QED) is 0.186. The van der Waals surface area contributed by atoms with E-state index in [1.54, 1.807) is 19.2 Å². The number of hydrogen-bond donors (Lipinski definition) is 1. The summed E-state index contributed by atoms with van der Waals surface area (Å²) in [6.07, 6.45) is 3.72. The number of aromatic nitrogens is 2. The molecule has 4 aromatic carbocycles. The monoisotopic (exact) mass is 537 g/mol. The van der Waals surface area contributed by atoms with Gasteiger partial charge in [-0.3, -0.25) is 4.79 Å². The third kappa shape index (κ3) is 5.88. The number of methoxy groups -OCH3 is 3. The van der Waals surface area contributed by atoms with Gasteiger partial charge >= 0.3 is 0 Å². The lowest BCUT2D eigenvalue weighted by atomic mass is 10.1. The Kier molecular flexibility index (Phi) is 8.50. The number of imidazole rings is 1. The predicted octanol–water partition coefficient (Wildman–Crippen LogP) is 6.41. The Morgan fingerprint density at radius 1 is 0.800 bits per heavy atom. The number of ether oxygens (including phenoxy) is 3. The van der Waals surface area contributed by atoms with Gasteiger partial charge in [0.1, 0.15) is 5.82 Å². The van der Waals surface area contributed by atoms with Crippen LogP contribution in [0.25, 0.3) is 21.8 Å². The molecule has 5 rings (SSSR count). The van der Waals surface area contributed by atoms with Crippen LogP contribution in [0.4, 0.5) is 0 Å². The van der Waals surface area contributed by atoms with Crippen LogP contribution in [0.15, 0.2) is 78.9 Å². The molecule has 40 heavy (non-hydrogen) atoms. The summed E-state index contributed by atoms with van der Waals surface area (Å²) in [6.45, 7) is 1.37. The van der Waals surface area contributed by atoms with Crippen LogP contribution in [0, 0.1) is 0 Å². The fourth-order valence-electron chi connectivity index (χ4n) is 5.11. The topological polar surface area (TPSA) is 74.6 Å². The normalized spacial score (nSPS) is 11.1. The van der Waals surface area contributed by atoms with E-state index in [4.69, 9.17) is 19.2 Å². The van der Waals surface area contributed by atoms with Gasteiger partial charge in [0, 0.05) is 25.1 Å². The van der Waals surface area contributed by atoms with Crippen LogP contribution in [-0.4, -0.2) is 43.3 Å². The number of nitrogens with one attached hydrogen (secondary N) is 1. The second kappa shape index (κ2) is 12.6. The van der Waals surface area contributed by atoms with Crippen molar-refractivity contribution in [2.75, 3.05) is 27.9 Å². The van der Waals surface area contributed by atoms with Gasteiger partial charge < -0.3 is 24.1 Å². The standard InChI is InChI=1S/C33H35N3O4/c1-38-29-20-26(21-30(39-2)32(29)40-3)33(37)34-18-10-4-5-15-31-35-27-13-8-9-14-28(27)36(31)22-23-16-17-24-11-6-7-12-25(24)19-23/h6-9,11-14,16-17,19-21H,4-5,10,15,18,22H2,1-3H3,(H,34,37). The van der Waals surface area contributed by atoms with E-state index in [1.807, 2.05) is 6.07 Å². The molecular weight excluding hydrogens is 502 g/mol. The van der Waals surface area contributed by atoms with Crippen LogP contribution in [0.2, 0.25) is 0 Å². The Bertz CT molecular complexity index is 1600. The maximum atomic E-state index is 12.8. The number of unbranched alkanes of at least 4 members (excludes halogenated alkanes) is 2. The Morgan fingerprint density at radius 2 is 1.52 bits per heavy atom. The first-order valence-corrected chi connectivity index (χ1v) is 13.6. The average Bonchev–Trinajstić information content (AvgIpc) is 3.34. The fraction of sp³-hybridized carbons (Fsp3) is 0.273. The van der Waals surface area contributed by atoms with E-state index in [9.17, 15) is 4.79 Å². The summed E-state index contributed by atoms with van der Waals surface area (Å²) in [7, 11) is 4.61. The molecular formula is C33H35N3O4. The lowest BCUT2D eigenvalue weighted by molar-refractivity contribution is 0.0952. The molecule has 7 heteroatoms. The summed E-state index contributed by atoms with van der Waals surface area (Å²) >= 11 is 0. The van der Waals surface area contributed by atoms with Gasteiger partial charge in [0.25, 0.3) is 5.91 Å². The molecule has 1 N–H and O–H groups in total. The number of nitrogens with zero attached hydrogens (tertiary/aromatic N) is 2. The minimum absolute atomic E-state index is 0.170. The van der Waals surface area contributed by atoms with Crippen molar-refractivity contribution < 1.29 is 19.0 Å². The number of carbonyl (C=O) groups is 1. The molecule has 0 bridgehead atoms. The maximum Gasteiger partial charge on any atom is 0.251 e. The first kappa shape index (κ1) is 27.1. The third-order valence-corrected chi connectivity index (χ3v) is 7.18. The molecule has 1 heterocycles. The van der Waals surface area contributed by atoms with Gasteiger partial charge in [-0.25, -0.2) is 4.98 Å². The molecule has 0 spiro atoms. The van der Waals surface area contributed by atoms with Gasteiger partial charge in [0.2, 0.25) is 5.75 Å². The van der Waals surface area contributed by atoms with E-state index in [0.29, 0.717) is 29.4 Å². The molecule has 206 valence electrons. The highest BCUT2D eigenvalue weighted by molar-refractivity contribution is 5.95. The van der Waals surface area contributed by atoms with E-state index in [0.717, 1.165) is 49.1 Å². The Morgan fingerprint density at radius 3 is 2.27 bits per heavy atom. The van der Waals surface area contributed by atoms with Gasteiger partial charge in [-0.15, -0.1) is 0 Å². The van der Waals surface area contributed by atoms with Crippen molar-refractivity contribution in [2.45, 2.75) is 32.2 Å². The van der Waals surface area contributed by atoms with Crippen LogP contribution < -0.4 is 19.5 Å². The summed E-state index contributed by atoms with van der Waals surface area (Å²) in [5.74, 6) is 2.30. The molecule has 0 atom stereocenters. The van der Waals surface area contributed by atoms with Crippen molar-refractivity contribution in [3.63, 3.8) is 0 Å². The van der Waals surface area contributed by atoms with E-state index < -0.39 is 0 Å². The molecule has 0 saturated carbocycles. The number of carbonyl (C=O) groups excluding carboxylic acids is 1. The van der Waals surface area contributed by atoms with Gasteiger partial charge in [-0.2, -0.15) is 0 Å². The zero-order valence-corrected chi connectivity index (χ0v) is 23.3. The minimum Gasteiger partial charge on any atom is -0.493 e. The summed E-state index contributed by atoms with van der Waals surface area (Å²) in [6, 6.07) is 26.8. The van der Waals surface area contributed by atoms with Gasteiger partial charge in [-0.05, 0) is 59.5 Å². The lowest BCUT2D eigenvalue weighted by Crippen LogP contribution is -2.24. The van der Waals surface area contributed by atoms with Crippen molar-refractivity contribution in [1.82, 2.24) is 14.9 Å². The average molecular weight is 538 g/mol. The van der Waals surface area contributed by atoms with Crippen LogP contribution in [0.5, 0.6) is 17.2 Å². The predicted molar refractivity (Wildman–Crippen MR) is 159 cm³/mol. The van der Waals surface area contributed by atoms with Gasteiger partial charge in [0.15, 0.2) is 11.5 Å². The zero-order chi connectivity index (χ0) is 27.9. The number of aryl methyl sites for hydroxylation is 1. The third-order valence-electron chi connectivity index (χ3n) is 7.18. The Balaban J connectivity index is 1.18.